The second-order valence-corrected chi connectivity index (χ2v) is 9.94. The molecule has 0 saturated carbocycles. The van der Waals surface area contributed by atoms with Crippen LogP contribution in [0.15, 0.2) is 10.2 Å². The third kappa shape index (κ3) is 4.77. The Morgan fingerprint density at radius 1 is 1.15 bits per heavy atom. The number of aromatic nitrogens is 3. The molecule has 5 rings (SSSR count). The van der Waals surface area contributed by atoms with E-state index in [2.05, 4.69) is 30.7 Å². The summed E-state index contributed by atoms with van der Waals surface area (Å²) in [5.41, 5.74) is 6.06. The van der Waals surface area contributed by atoms with Crippen molar-refractivity contribution in [3.8, 4) is 0 Å². The van der Waals surface area contributed by atoms with Crippen molar-refractivity contribution in [2.45, 2.75) is 38.5 Å². The molecule has 2 amide bonds. The monoisotopic (exact) mass is 488 g/mol. The van der Waals surface area contributed by atoms with Crippen LogP contribution in [-0.2, 0) is 28.8 Å². The van der Waals surface area contributed by atoms with Gasteiger partial charge in [-0.25, -0.2) is 9.97 Å². The Morgan fingerprint density at radius 3 is 2.82 bits per heavy atom. The Balaban J connectivity index is 1.15. The van der Waals surface area contributed by atoms with E-state index in [0.717, 1.165) is 54.3 Å². The molecule has 0 radical (unpaired) electrons. The number of hydrazine groups is 1. The molecule has 0 bridgehead atoms. The lowest BCUT2D eigenvalue weighted by Crippen LogP contribution is -2.42. The van der Waals surface area contributed by atoms with Crippen molar-refractivity contribution in [2.75, 3.05) is 31.2 Å². The Labute approximate surface area is 197 Å². The number of hydrogen-bond donors (Lipinski definition) is 3. The normalized spacial score (nSPS) is 15.9. The predicted octanol–water partition coefficient (Wildman–Crippen LogP) is 1.55. The van der Waals surface area contributed by atoms with E-state index in [4.69, 9.17) is 4.74 Å². The van der Waals surface area contributed by atoms with Crippen LogP contribution in [0.25, 0.3) is 10.2 Å². The quantitative estimate of drug-likeness (QED) is 0.465. The first kappa shape index (κ1) is 22.0. The zero-order chi connectivity index (χ0) is 22.8. The second kappa shape index (κ2) is 9.57. The lowest BCUT2D eigenvalue weighted by atomic mass is 9.97. The van der Waals surface area contributed by atoms with Gasteiger partial charge in [0.2, 0.25) is 5.91 Å². The van der Waals surface area contributed by atoms with E-state index >= 15 is 0 Å². The molecule has 1 aliphatic carbocycles. The summed E-state index contributed by atoms with van der Waals surface area (Å²) in [6.07, 6.45) is 4.52. The number of amides is 2. The third-order valence-corrected chi connectivity index (χ3v) is 7.87. The molecule has 0 aromatic carbocycles. The third-order valence-electron chi connectivity index (χ3n) is 5.78. The summed E-state index contributed by atoms with van der Waals surface area (Å²) >= 11 is 2.96. The van der Waals surface area contributed by atoms with Crippen LogP contribution in [-0.4, -0.2) is 53.1 Å². The number of aryl methyl sites for hydroxylation is 3. The number of carbonyl (C=O) groups is 2. The largest absolute Gasteiger partial charge is 0.378 e. The highest BCUT2D eigenvalue weighted by molar-refractivity contribution is 7.18. The molecule has 12 heteroatoms. The molecule has 0 unspecified atom stereocenters. The lowest BCUT2D eigenvalue weighted by Gasteiger charge is -2.25. The lowest BCUT2D eigenvalue weighted by molar-refractivity contribution is -0.121. The van der Waals surface area contributed by atoms with Crippen molar-refractivity contribution in [1.29, 1.82) is 0 Å². The van der Waals surface area contributed by atoms with Crippen LogP contribution in [0, 0.1) is 0 Å². The van der Waals surface area contributed by atoms with Crippen LogP contribution < -0.4 is 21.3 Å². The molecule has 33 heavy (non-hydrogen) atoms. The summed E-state index contributed by atoms with van der Waals surface area (Å²) in [7, 11) is 0. The molecule has 0 spiro atoms. The summed E-state index contributed by atoms with van der Waals surface area (Å²) < 4.78 is 5.33. The van der Waals surface area contributed by atoms with Gasteiger partial charge in [0.15, 0.2) is 5.13 Å². The number of morpholine rings is 1. The van der Waals surface area contributed by atoms with Crippen molar-refractivity contribution < 1.29 is 14.3 Å². The van der Waals surface area contributed by atoms with Gasteiger partial charge in [-0.2, -0.15) is 0 Å². The number of thiophene rings is 1. The van der Waals surface area contributed by atoms with E-state index in [9.17, 15) is 14.4 Å². The van der Waals surface area contributed by atoms with E-state index in [1.54, 1.807) is 16.7 Å². The van der Waals surface area contributed by atoms with E-state index in [1.165, 1.54) is 16.2 Å². The highest BCUT2D eigenvalue weighted by Gasteiger charge is 2.20. The number of H-pyrrole nitrogens is 1. The summed E-state index contributed by atoms with van der Waals surface area (Å²) in [5.74, 6) is -0.376. The van der Waals surface area contributed by atoms with Gasteiger partial charge in [-0.3, -0.25) is 25.2 Å². The number of anilines is 1. The molecular weight excluding hydrogens is 464 g/mol. The van der Waals surface area contributed by atoms with Crippen LogP contribution in [0.2, 0.25) is 0 Å². The number of nitrogens with one attached hydrogen (secondary N) is 3. The summed E-state index contributed by atoms with van der Waals surface area (Å²) in [5, 5.41) is 3.13. The van der Waals surface area contributed by atoms with Crippen LogP contribution in [0.3, 0.4) is 0 Å². The van der Waals surface area contributed by atoms with Gasteiger partial charge in [-0.05, 0) is 31.2 Å². The van der Waals surface area contributed by atoms with Crippen molar-refractivity contribution in [2.24, 2.45) is 0 Å². The standard InChI is InChI=1S/C21H24N6O4S2/c28-16(25-26-18(29)13-11-32-21(22-13)27-7-9-31-10-8-27)6-5-15-23-19(30)17-12-3-1-2-4-14(12)33-20(17)24-15/h11H,1-10H2,(H,25,28)(H,26,29)(H,23,24,30). The minimum Gasteiger partial charge on any atom is -0.378 e. The average molecular weight is 489 g/mol. The first-order valence-electron chi connectivity index (χ1n) is 11.0. The number of ether oxygens (including phenoxy) is 1. The van der Waals surface area contributed by atoms with Gasteiger partial charge in [0.1, 0.15) is 16.3 Å². The van der Waals surface area contributed by atoms with Crippen molar-refractivity contribution in [1.82, 2.24) is 25.8 Å². The van der Waals surface area contributed by atoms with Crippen LogP contribution in [0.5, 0.6) is 0 Å². The Morgan fingerprint density at radius 2 is 1.97 bits per heavy atom. The first-order valence-corrected chi connectivity index (χ1v) is 12.7. The van der Waals surface area contributed by atoms with Gasteiger partial charge in [0.05, 0.1) is 18.6 Å². The van der Waals surface area contributed by atoms with Gasteiger partial charge >= 0.3 is 0 Å². The zero-order valence-corrected chi connectivity index (χ0v) is 19.6. The molecule has 1 fully saturated rings. The number of aromatic amines is 1. The molecular formula is C21H24N6O4S2. The van der Waals surface area contributed by atoms with Crippen molar-refractivity contribution >= 4 is 49.8 Å². The van der Waals surface area contributed by atoms with E-state index in [1.807, 2.05) is 0 Å². The molecule has 2 aliphatic rings. The van der Waals surface area contributed by atoms with E-state index in [-0.39, 0.29) is 30.0 Å². The fraction of sp³-hybridized carbons (Fsp3) is 0.476. The molecule has 1 saturated heterocycles. The van der Waals surface area contributed by atoms with Gasteiger partial charge in [-0.1, -0.05) is 0 Å². The van der Waals surface area contributed by atoms with E-state index in [0.29, 0.717) is 24.4 Å². The maximum atomic E-state index is 12.6. The highest BCUT2D eigenvalue weighted by atomic mass is 32.1. The second-order valence-electron chi connectivity index (χ2n) is 8.02. The summed E-state index contributed by atoms with van der Waals surface area (Å²) in [4.78, 5) is 53.0. The number of rotatable bonds is 5. The predicted molar refractivity (Wildman–Crippen MR) is 126 cm³/mol. The van der Waals surface area contributed by atoms with Gasteiger partial charge in [0, 0.05) is 36.2 Å². The maximum absolute atomic E-state index is 12.6. The molecule has 3 aromatic rings. The van der Waals surface area contributed by atoms with Gasteiger partial charge in [-0.15, -0.1) is 22.7 Å². The fourth-order valence-corrected chi connectivity index (χ4v) is 6.22. The molecule has 4 heterocycles. The zero-order valence-electron chi connectivity index (χ0n) is 17.9. The number of thiazole rings is 1. The minimum absolute atomic E-state index is 0.0793. The van der Waals surface area contributed by atoms with Crippen LogP contribution in [0.1, 0.15) is 46.0 Å². The molecule has 1 aliphatic heterocycles. The van der Waals surface area contributed by atoms with Crippen molar-refractivity contribution in [3.63, 3.8) is 0 Å². The molecule has 3 N–H and O–H groups in total. The molecule has 3 aromatic heterocycles. The highest BCUT2D eigenvalue weighted by Crippen LogP contribution is 2.33. The number of carbonyl (C=O) groups excluding carboxylic acids is 2. The number of hydrogen-bond acceptors (Lipinski definition) is 9. The number of nitrogens with zero attached hydrogens (tertiary/aromatic N) is 3. The van der Waals surface area contributed by atoms with Gasteiger partial charge < -0.3 is 14.6 Å². The molecule has 0 atom stereocenters. The number of fused-ring (bicyclic) bond motifs is 3. The Bertz CT molecular complexity index is 1240. The summed E-state index contributed by atoms with van der Waals surface area (Å²) in [6, 6.07) is 0. The van der Waals surface area contributed by atoms with Crippen molar-refractivity contribution in [3.05, 3.63) is 37.7 Å². The van der Waals surface area contributed by atoms with E-state index < -0.39 is 5.91 Å². The topological polar surface area (TPSA) is 129 Å². The average Bonchev–Trinajstić information content (AvgIpc) is 3.47. The van der Waals surface area contributed by atoms with Crippen LogP contribution >= 0.6 is 22.7 Å². The van der Waals surface area contributed by atoms with Gasteiger partial charge in [0.25, 0.3) is 11.5 Å². The fourth-order valence-electron chi connectivity index (χ4n) is 4.08. The Kier molecular flexibility index (Phi) is 6.38. The maximum Gasteiger partial charge on any atom is 0.289 e. The Hall–Kier alpha value is -2.83. The minimum atomic E-state index is -0.476. The molecule has 10 nitrogen and oxygen atoms in total. The molecule has 174 valence electrons. The smallest absolute Gasteiger partial charge is 0.289 e. The SMILES string of the molecule is O=C(CCc1nc2sc3c(c2c(=O)[nH]1)CCCC3)NNC(=O)c1csc(N2CCOCC2)n1. The van der Waals surface area contributed by atoms with Crippen LogP contribution in [0.4, 0.5) is 5.13 Å². The first-order chi connectivity index (χ1) is 16.1. The summed E-state index contributed by atoms with van der Waals surface area (Å²) in [6.45, 7) is 2.75.